The molecule has 1 N–H and O–H groups in total. The Hall–Kier alpha value is -3.36. The van der Waals surface area contributed by atoms with Crippen LogP contribution in [0.5, 0.6) is 17.2 Å². The lowest BCUT2D eigenvalue weighted by atomic mass is 10.1. The number of nitrogens with one attached hydrogen (secondary N) is 1. The first-order valence-electron chi connectivity index (χ1n) is 9.42. The van der Waals surface area contributed by atoms with Crippen molar-refractivity contribution in [2.24, 2.45) is 0 Å². The summed E-state index contributed by atoms with van der Waals surface area (Å²) in [7, 11) is 4.52. The standard InChI is InChI=1S/C20H25N5O4/c1-5-6-7-8-14-11-17(25-20(23-14)21-12-22-25)24-19(26)13-9-15(27-2)18(29-4)16(10-13)28-3/h9-12H,5-8H2,1-4H3,(H,24,26). The highest BCUT2D eigenvalue weighted by Crippen LogP contribution is 2.38. The second kappa shape index (κ2) is 9.22. The average Bonchev–Trinajstić information content (AvgIpc) is 3.21. The molecule has 0 unspecified atom stereocenters. The number of aryl methyl sites for hydroxylation is 1. The molecule has 0 aliphatic carbocycles. The maximum absolute atomic E-state index is 12.9. The van der Waals surface area contributed by atoms with Gasteiger partial charge in [-0.3, -0.25) is 4.79 Å². The highest BCUT2D eigenvalue weighted by atomic mass is 16.5. The van der Waals surface area contributed by atoms with E-state index in [0.717, 1.165) is 31.4 Å². The summed E-state index contributed by atoms with van der Waals surface area (Å²) < 4.78 is 17.5. The Labute approximate surface area is 169 Å². The minimum Gasteiger partial charge on any atom is -0.493 e. The van der Waals surface area contributed by atoms with Crippen LogP contribution < -0.4 is 19.5 Å². The van der Waals surface area contributed by atoms with E-state index in [2.05, 4.69) is 27.3 Å². The molecular weight excluding hydrogens is 374 g/mol. The number of fused-ring (bicyclic) bond motifs is 1. The zero-order valence-corrected chi connectivity index (χ0v) is 17.1. The molecule has 0 aliphatic rings. The Kier molecular flexibility index (Phi) is 6.48. The summed E-state index contributed by atoms with van der Waals surface area (Å²) in [6.45, 7) is 2.15. The lowest BCUT2D eigenvalue weighted by Crippen LogP contribution is -2.16. The first kappa shape index (κ1) is 20.4. The van der Waals surface area contributed by atoms with Gasteiger partial charge in [-0.1, -0.05) is 19.8 Å². The number of carbonyl (C=O) groups is 1. The molecule has 9 heteroatoms. The SMILES string of the molecule is CCCCCc1cc(NC(=O)c2cc(OC)c(OC)c(OC)c2)n2ncnc2n1. The van der Waals surface area contributed by atoms with E-state index in [-0.39, 0.29) is 5.91 Å². The number of hydrogen-bond donors (Lipinski definition) is 1. The molecule has 1 aromatic carbocycles. The number of carbonyl (C=O) groups excluding carboxylic acids is 1. The average molecular weight is 399 g/mol. The van der Waals surface area contributed by atoms with E-state index in [1.54, 1.807) is 12.1 Å². The van der Waals surface area contributed by atoms with Gasteiger partial charge in [-0.25, -0.2) is 4.98 Å². The number of ether oxygens (including phenoxy) is 3. The first-order chi connectivity index (χ1) is 14.1. The molecule has 9 nitrogen and oxygen atoms in total. The van der Waals surface area contributed by atoms with Crippen LogP contribution in [0.4, 0.5) is 5.82 Å². The van der Waals surface area contributed by atoms with Gasteiger partial charge in [0.25, 0.3) is 11.7 Å². The Morgan fingerprint density at radius 2 is 1.79 bits per heavy atom. The van der Waals surface area contributed by atoms with E-state index in [1.165, 1.54) is 32.2 Å². The lowest BCUT2D eigenvalue weighted by Gasteiger charge is -2.14. The van der Waals surface area contributed by atoms with Gasteiger partial charge in [-0.15, -0.1) is 0 Å². The van der Waals surface area contributed by atoms with E-state index in [1.807, 2.05) is 6.07 Å². The van der Waals surface area contributed by atoms with Crippen LogP contribution in [-0.4, -0.2) is 46.8 Å². The van der Waals surface area contributed by atoms with Crippen molar-refractivity contribution in [3.63, 3.8) is 0 Å². The number of benzene rings is 1. The van der Waals surface area contributed by atoms with Crippen LogP contribution in [0.1, 0.15) is 42.2 Å². The van der Waals surface area contributed by atoms with Gasteiger partial charge in [0, 0.05) is 17.3 Å². The summed E-state index contributed by atoms with van der Waals surface area (Å²) in [6, 6.07) is 5.02. The zero-order valence-electron chi connectivity index (χ0n) is 17.1. The first-order valence-corrected chi connectivity index (χ1v) is 9.42. The summed E-state index contributed by atoms with van der Waals surface area (Å²) in [5.74, 6) is 1.83. The Bertz CT molecular complexity index is 977. The highest BCUT2D eigenvalue weighted by molar-refractivity contribution is 6.04. The summed E-state index contributed by atoms with van der Waals surface area (Å²) in [5.41, 5.74) is 1.22. The van der Waals surface area contributed by atoms with Crippen molar-refractivity contribution in [1.82, 2.24) is 19.6 Å². The number of amides is 1. The molecule has 0 fully saturated rings. The molecule has 3 rings (SSSR count). The molecule has 0 saturated carbocycles. The number of methoxy groups -OCH3 is 3. The number of hydrogen-bond acceptors (Lipinski definition) is 7. The smallest absolute Gasteiger partial charge is 0.257 e. The molecule has 3 aromatic rings. The van der Waals surface area contributed by atoms with Gasteiger partial charge in [-0.2, -0.15) is 14.6 Å². The maximum atomic E-state index is 12.9. The topological polar surface area (TPSA) is 99.9 Å². The number of anilines is 1. The molecule has 29 heavy (non-hydrogen) atoms. The van der Waals surface area contributed by atoms with Gasteiger partial charge in [0.15, 0.2) is 11.5 Å². The van der Waals surface area contributed by atoms with E-state index >= 15 is 0 Å². The van der Waals surface area contributed by atoms with Gasteiger partial charge in [0.1, 0.15) is 12.1 Å². The van der Waals surface area contributed by atoms with Crippen LogP contribution >= 0.6 is 0 Å². The molecule has 0 saturated heterocycles. The fourth-order valence-corrected chi connectivity index (χ4v) is 3.04. The second-order valence-corrected chi connectivity index (χ2v) is 6.43. The van der Waals surface area contributed by atoms with Gasteiger partial charge in [0.2, 0.25) is 5.75 Å². The predicted molar refractivity (Wildman–Crippen MR) is 108 cm³/mol. The van der Waals surface area contributed by atoms with Crippen LogP contribution in [0, 0.1) is 0 Å². The van der Waals surface area contributed by atoms with Crippen LogP contribution in [0.3, 0.4) is 0 Å². The quantitative estimate of drug-likeness (QED) is 0.552. The molecule has 0 aliphatic heterocycles. The molecule has 1 amide bonds. The Morgan fingerprint density at radius 3 is 2.41 bits per heavy atom. The Balaban J connectivity index is 1.92. The van der Waals surface area contributed by atoms with Crippen LogP contribution in [0.25, 0.3) is 5.78 Å². The summed E-state index contributed by atoms with van der Waals surface area (Å²) in [6.07, 6.45) is 5.48. The number of unbranched alkanes of at least 4 members (excludes halogenated alkanes) is 2. The van der Waals surface area contributed by atoms with Crippen molar-refractivity contribution in [1.29, 1.82) is 0 Å². The summed E-state index contributed by atoms with van der Waals surface area (Å²) in [4.78, 5) is 21.6. The van der Waals surface area contributed by atoms with Crippen LogP contribution in [0.2, 0.25) is 0 Å². The molecule has 2 heterocycles. The fraction of sp³-hybridized carbons (Fsp3) is 0.400. The predicted octanol–water partition coefficient (Wildman–Crippen LogP) is 3.14. The third-order valence-electron chi connectivity index (χ3n) is 4.51. The van der Waals surface area contributed by atoms with Crippen molar-refractivity contribution in [2.45, 2.75) is 32.6 Å². The largest absolute Gasteiger partial charge is 0.493 e. The van der Waals surface area contributed by atoms with Gasteiger partial charge >= 0.3 is 0 Å². The highest BCUT2D eigenvalue weighted by Gasteiger charge is 2.18. The van der Waals surface area contributed by atoms with Gasteiger partial charge in [0.05, 0.1) is 21.3 Å². The van der Waals surface area contributed by atoms with Crippen molar-refractivity contribution < 1.29 is 19.0 Å². The van der Waals surface area contributed by atoms with E-state index < -0.39 is 0 Å². The van der Waals surface area contributed by atoms with E-state index in [0.29, 0.717) is 34.4 Å². The number of nitrogens with zero attached hydrogens (tertiary/aromatic N) is 4. The van der Waals surface area contributed by atoms with Crippen LogP contribution in [-0.2, 0) is 6.42 Å². The van der Waals surface area contributed by atoms with E-state index in [9.17, 15) is 4.79 Å². The molecule has 0 spiro atoms. The van der Waals surface area contributed by atoms with Crippen molar-refractivity contribution in [2.75, 3.05) is 26.6 Å². The minimum absolute atomic E-state index is 0.341. The molecule has 154 valence electrons. The van der Waals surface area contributed by atoms with Crippen LogP contribution in [0.15, 0.2) is 24.5 Å². The molecule has 2 aromatic heterocycles. The monoisotopic (exact) mass is 399 g/mol. The second-order valence-electron chi connectivity index (χ2n) is 6.43. The lowest BCUT2D eigenvalue weighted by molar-refractivity contribution is 0.102. The minimum atomic E-state index is -0.341. The summed E-state index contributed by atoms with van der Waals surface area (Å²) >= 11 is 0. The fourth-order valence-electron chi connectivity index (χ4n) is 3.04. The third-order valence-corrected chi connectivity index (χ3v) is 4.51. The molecule has 0 atom stereocenters. The molecule has 0 bridgehead atoms. The van der Waals surface area contributed by atoms with Crippen molar-refractivity contribution in [3.8, 4) is 17.2 Å². The third kappa shape index (κ3) is 4.39. The van der Waals surface area contributed by atoms with Crippen molar-refractivity contribution in [3.05, 3.63) is 35.8 Å². The number of aromatic nitrogens is 4. The zero-order chi connectivity index (χ0) is 20.8. The number of rotatable bonds is 9. The maximum Gasteiger partial charge on any atom is 0.257 e. The summed E-state index contributed by atoms with van der Waals surface area (Å²) in [5, 5.41) is 7.04. The van der Waals surface area contributed by atoms with Crippen molar-refractivity contribution >= 4 is 17.5 Å². The molecular formula is C20H25N5O4. The molecule has 0 radical (unpaired) electrons. The van der Waals surface area contributed by atoms with E-state index in [4.69, 9.17) is 14.2 Å². The Morgan fingerprint density at radius 1 is 1.07 bits per heavy atom. The van der Waals surface area contributed by atoms with Gasteiger partial charge in [-0.05, 0) is 25.0 Å². The van der Waals surface area contributed by atoms with Gasteiger partial charge < -0.3 is 19.5 Å². The normalized spacial score (nSPS) is 10.8.